The number of alkyl halides is 3. The third kappa shape index (κ3) is 27.7. The van der Waals surface area contributed by atoms with Gasteiger partial charge in [-0.15, -0.1) is 0 Å². The molecule has 0 bridgehead atoms. The largest absolute Gasteiger partial charge is 0.478 e. The molecule has 0 aliphatic rings. The second-order valence-electron chi connectivity index (χ2n) is 1.34. The van der Waals surface area contributed by atoms with Gasteiger partial charge in [0.25, 0.3) is 0 Å². The van der Waals surface area contributed by atoms with Crippen molar-refractivity contribution in [1.29, 1.82) is 0 Å². The predicted octanol–water partition coefficient (Wildman–Crippen LogP) is 0.798. The van der Waals surface area contributed by atoms with E-state index in [0.717, 1.165) is 6.08 Å². The number of carboxylic acid groups (broad SMARTS) is 1. The fourth-order valence-corrected chi connectivity index (χ4v) is 0. The number of aliphatic hydroxyl groups is 1. The maximum atomic E-state index is 10.6. The Morgan fingerprint density at radius 3 is 1.82 bits per heavy atom. The fourth-order valence-electron chi connectivity index (χ4n) is 0. The standard InChI is InChI=1S/C3H4O2.C2H3F3O/c1-2-3(4)5;3-1-2(4,5)6/h2H,1H2,(H,4,5);6H,1H2. The summed E-state index contributed by atoms with van der Waals surface area (Å²) in [4.78, 5) is 9.25. The molecule has 0 aromatic rings. The number of aliphatic carboxylic acids is 1. The summed E-state index contributed by atoms with van der Waals surface area (Å²) in [6.45, 7) is 0.954. The van der Waals surface area contributed by atoms with Gasteiger partial charge in [-0.1, -0.05) is 6.58 Å². The van der Waals surface area contributed by atoms with Crippen molar-refractivity contribution in [2.45, 2.75) is 6.11 Å². The molecule has 0 aromatic heterocycles. The third-order valence-corrected chi connectivity index (χ3v) is 0.335. The van der Waals surface area contributed by atoms with Gasteiger partial charge in [0.05, 0.1) is 0 Å². The highest BCUT2D eigenvalue weighted by molar-refractivity contribution is 5.78. The van der Waals surface area contributed by atoms with E-state index in [2.05, 4.69) is 6.58 Å². The van der Waals surface area contributed by atoms with E-state index < -0.39 is 18.8 Å². The van der Waals surface area contributed by atoms with Crippen LogP contribution in [0.4, 0.5) is 13.2 Å². The van der Waals surface area contributed by atoms with Crippen molar-refractivity contribution in [3.63, 3.8) is 0 Å². The van der Waals surface area contributed by atoms with Gasteiger partial charge in [0.2, 0.25) is 0 Å². The van der Waals surface area contributed by atoms with E-state index in [1.165, 1.54) is 0 Å². The minimum Gasteiger partial charge on any atom is -0.478 e. The summed E-state index contributed by atoms with van der Waals surface area (Å²) < 4.78 is 31.8. The Morgan fingerprint density at radius 1 is 1.64 bits per heavy atom. The second kappa shape index (κ2) is 5.72. The first-order valence-electron chi connectivity index (χ1n) is 2.35. The molecule has 0 spiro atoms. The van der Waals surface area contributed by atoms with Crippen molar-refractivity contribution >= 4 is 5.97 Å². The summed E-state index contributed by atoms with van der Waals surface area (Å²) >= 11 is 0. The number of hydrogen-bond donors (Lipinski definition) is 2. The molecule has 0 amide bonds. The van der Waals surface area contributed by atoms with Gasteiger partial charge in [-0.2, -0.15) is 8.78 Å². The van der Waals surface area contributed by atoms with Crippen LogP contribution in [0.25, 0.3) is 0 Å². The molecule has 0 saturated carbocycles. The molecule has 0 aliphatic heterocycles. The average Bonchev–Trinajstić information content (AvgIpc) is 1.88. The van der Waals surface area contributed by atoms with Gasteiger partial charge in [-0.05, 0) is 0 Å². The van der Waals surface area contributed by atoms with Crippen molar-refractivity contribution in [2.75, 3.05) is 6.67 Å². The lowest BCUT2D eigenvalue weighted by Crippen LogP contribution is -2.15. The van der Waals surface area contributed by atoms with E-state index in [1.54, 1.807) is 0 Å². The molecule has 6 heteroatoms. The molecule has 0 fully saturated rings. The lowest BCUT2D eigenvalue weighted by Gasteiger charge is -1.97. The van der Waals surface area contributed by atoms with E-state index in [9.17, 15) is 18.0 Å². The molecule has 2 N–H and O–H groups in total. The van der Waals surface area contributed by atoms with Gasteiger partial charge in [0, 0.05) is 6.08 Å². The summed E-state index contributed by atoms with van der Waals surface area (Å²) in [5, 5.41) is 14.7. The third-order valence-electron chi connectivity index (χ3n) is 0.335. The summed E-state index contributed by atoms with van der Waals surface area (Å²) in [6, 6.07) is 0. The quantitative estimate of drug-likeness (QED) is 0.605. The Labute approximate surface area is 60.8 Å². The van der Waals surface area contributed by atoms with Crippen molar-refractivity contribution in [3.05, 3.63) is 12.7 Å². The maximum Gasteiger partial charge on any atom is 0.381 e. The van der Waals surface area contributed by atoms with E-state index in [1.807, 2.05) is 0 Å². The van der Waals surface area contributed by atoms with Gasteiger partial charge < -0.3 is 10.2 Å². The molecule has 0 aliphatic carbocycles. The molecular formula is C5H7F3O3. The highest BCUT2D eigenvalue weighted by Gasteiger charge is 2.22. The first-order chi connectivity index (χ1) is 4.83. The number of carbonyl (C=O) groups is 1. The van der Waals surface area contributed by atoms with E-state index >= 15 is 0 Å². The number of hydrogen-bond acceptors (Lipinski definition) is 2. The zero-order valence-corrected chi connectivity index (χ0v) is 5.43. The highest BCUT2D eigenvalue weighted by Crippen LogP contribution is 2.06. The van der Waals surface area contributed by atoms with Crippen LogP contribution < -0.4 is 0 Å². The van der Waals surface area contributed by atoms with Crippen LogP contribution in [0.3, 0.4) is 0 Å². The van der Waals surface area contributed by atoms with E-state index in [-0.39, 0.29) is 0 Å². The Balaban J connectivity index is 0. The number of carboxylic acids is 1. The zero-order valence-electron chi connectivity index (χ0n) is 5.43. The van der Waals surface area contributed by atoms with Crippen LogP contribution in [-0.2, 0) is 4.79 Å². The van der Waals surface area contributed by atoms with Crippen LogP contribution >= 0.6 is 0 Å². The van der Waals surface area contributed by atoms with Gasteiger partial charge in [0.15, 0.2) is 6.67 Å². The lowest BCUT2D eigenvalue weighted by atomic mass is 10.7. The minimum absolute atomic E-state index is 0.833. The smallest absolute Gasteiger partial charge is 0.381 e. The van der Waals surface area contributed by atoms with Gasteiger partial charge in [-0.3, -0.25) is 0 Å². The molecular weight excluding hydrogens is 165 g/mol. The minimum atomic E-state index is -4.12. The van der Waals surface area contributed by atoms with E-state index in [4.69, 9.17) is 10.2 Å². The molecule has 11 heavy (non-hydrogen) atoms. The van der Waals surface area contributed by atoms with Crippen molar-refractivity contribution < 1.29 is 28.2 Å². The molecule has 0 unspecified atom stereocenters. The van der Waals surface area contributed by atoms with Gasteiger partial charge in [0.1, 0.15) is 0 Å². The molecule has 0 heterocycles. The normalized spacial score (nSPS) is 9.45. The SMILES string of the molecule is C=CC(=O)O.OC(F)(F)CF. The van der Waals surface area contributed by atoms with Gasteiger partial charge in [-0.25, -0.2) is 9.18 Å². The zero-order chi connectivity index (χ0) is 9.49. The second-order valence-corrected chi connectivity index (χ2v) is 1.34. The molecule has 0 aromatic carbocycles. The number of rotatable bonds is 2. The first-order valence-corrected chi connectivity index (χ1v) is 2.35. The molecule has 0 radical (unpaired) electrons. The topological polar surface area (TPSA) is 57.5 Å². The predicted molar refractivity (Wildman–Crippen MR) is 31.0 cm³/mol. The average molecular weight is 172 g/mol. The number of halogens is 3. The highest BCUT2D eigenvalue weighted by atomic mass is 19.3. The Kier molecular flexibility index (Phi) is 6.57. The Bertz CT molecular complexity index is 129. The van der Waals surface area contributed by atoms with Crippen LogP contribution in [0.5, 0.6) is 0 Å². The fraction of sp³-hybridized carbons (Fsp3) is 0.400. The Hall–Kier alpha value is -1.04. The molecule has 0 saturated heterocycles. The van der Waals surface area contributed by atoms with Gasteiger partial charge >= 0.3 is 12.1 Å². The summed E-state index contributed by atoms with van der Waals surface area (Å²) in [5.41, 5.74) is 0. The van der Waals surface area contributed by atoms with Crippen LogP contribution in [0, 0.1) is 0 Å². The molecule has 66 valence electrons. The summed E-state index contributed by atoms with van der Waals surface area (Å²) in [7, 11) is 0. The molecule has 3 nitrogen and oxygen atoms in total. The summed E-state index contributed by atoms with van der Waals surface area (Å²) in [6.07, 6.45) is -3.29. The maximum absolute atomic E-state index is 10.6. The van der Waals surface area contributed by atoms with Crippen LogP contribution in [0.15, 0.2) is 12.7 Å². The van der Waals surface area contributed by atoms with Crippen LogP contribution in [0.1, 0.15) is 0 Å². The van der Waals surface area contributed by atoms with Crippen molar-refractivity contribution in [2.24, 2.45) is 0 Å². The molecule has 0 rings (SSSR count). The lowest BCUT2D eigenvalue weighted by molar-refractivity contribution is -0.208. The first kappa shape index (κ1) is 12.6. The van der Waals surface area contributed by atoms with Crippen molar-refractivity contribution in [1.82, 2.24) is 0 Å². The van der Waals surface area contributed by atoms with Crippen LogP contribution in [0.2, 0.25) is 0 Å². The monoisotopic (exact) mass is 172 g/mol. The Morgan fingerprint density at radius 2 is 1.82 bits per heavy atom. The van der Waals surface area contributed by atoms with Crippen LogP contribution in [-0.4, -0.2) is 29.0 Å². The molecule has 0 atom stereocenters. The van der Waals surface area contributed by atoms with E-state index in [0.29, 0.717) is 0 Å². The van der Waals surface area contributed by atoms with Crippen molar-refractivity contribution in [3.8, 4) is 0 Å². The summed E-state index contributed by atoms with van der Waals surface area (Å²) in [5.74, 6) is -0.981.